The lowest BCUT2D eigenvalue weighted by Gasteiger charge is -2.26. The molecule has 0 aliphatic rings. The maximum atomic E-state index is 12.7. The zero-order valence-corrected chi connectivity index (χ0v) is 13.9. The number of hydrogen-bond acceptors (Lipinski definition) is 4. The highest BCUT2D eigenvalue weighted by molar-refractivity contribution is 5.97. The zero-order chi connectivity index (χ0) is 17.4. The van der Waals surface area contributed by atoms with Crippen molar-refractivity contribution in [3.63, 3.8) is 0 Å². The van der Waals surface area contributed by atoms with Crippen LogP contribution < -0.4 is 5.32 Å². The third-order valence-electron chi connectivity index (χ3n) is 3.59. The largest absolute Gasteiger partial charge is 0.472 e. The van der Waals surface area contributed by atoms with Crippen LogP contribution in [0.2, 0.25) is 0 Å². The van der Waals surface area contributed by atoms with E-state index in [1.54, 1.807) is 25.0 Å². The topological polar surface area (TPSA) is 71.8 Å². The molecule has 1 atom stereocenters. The Balaban J connectivity index is 2.01. The van der Waals surface area contributed by atoms with E-state index < -0.39 is 6.04 Å². The fourth-order valence-corrected chi connectivity index (χ4v) is 2.28. The van der Waals surface area contributed by atoms with Gasteiger partial charge in [-0.2, -0.15) is 0 Å². The van der Waals surface area contributed by atoms with E-state index in [9.17, 15) is 9.59 Å². The van der Waals surface area contributed by atoms with E-state index in [1.807, 2.05) is 30.3 Å². The van der Waals surface area contributed by atoms with E-state index in [4.69, 9.17) is 9.15 Å². The lowest BCUT2D eigenvalue weighted by Crippen LogP contribution is -2.47. The number of rotatable bonds is 8. The molecule has 1 aromatic heterocycles. The molecule has 24 heavy (non-hydrogen) atoms. The number of hydrogen-bond donors (Lipinski definition) is 1. The molecule has 2 amide bonds. The van der Waals surface area contributed by atoms with E-state index in [0.29, 0.717) is 25.3 Å². The molecule has 0 aliphatic carbocycles. The summed E-state index contributed by atoms with van der Waals surface area (Å²) in [6, 6.07) is 10.6. The molecule has 1 heterocycles. The Hall–Kier alpha value is -2.60. The molecule has 2 aromatic rings. The second-order valence-corrected chi connectivity index (χ2v) is 5.45. The maximum Gasteiger partial charge on any atom is 0.255 e. The summed E-state index contributed by atoms with van der Waals surface area (Å²) < 4.78 is 9.97. The number of nitrogens with one attached hydrogen (secondary N) is 1. The monoisotopic (exact) mass is 330 g/mol. The first-order valence-electron chi connectivity index (χ1n) is 7.76. The van der Waals surface area contributed by atoms with Crippen LogP contribution in [0.25, 0.3) is 0 Å². The molecule has 0 saturated heterocycles. The smallest absolute Gasteiger partial charge is 0.255 e. The van der Waals surface area contributed by atoms with Crippen molar-refractivity contribution in [1.82, 2.24) is 10.2 Å². The first kappa shape index (κ1) is 17.7. The Morgan fingerprint density at radius 3 is 2.62 bits per heavy atom. The lowest BCUT2D eigenvalue weighted by atomic mass is 10.2. The number of carbonyl (C=O) groups excluding carboxylic acids is 2. The number of furan rings is 1. The maximum absolute atomic E-state index is 12.7. The van der Waals surface area contributed by atoms with Crippen LogP contribution in [0.4, 0.5) is 0 Å². The van der Waals surface area contributed by atoms with E-state index >= 15 is 0 Å². The van der Waals surface area contributed by atoms with Gasteiger partial charge in [0.2, 0.25) is 5.91 Å². The molecular formula is C18H22N2O4. The highest BCUT2D eigenvalue weighted by Crippen LogP contribution is 2.07. The van der Waals surface area contributed by atoms with E-state index in [-0.39, 0.29) is 11.8 Å². The van der Waals surface area contributed by atoms with Crippen LogP contribution >= 0.6 is 0 Å². The summed E-state index contributed by atoms with van der Waals surface area (Å²) in [4.78, 5) is 26.4. The molecule has 1 aromatic carbocycles. The molecule has 0 unspecified atom stereocenters. The summed E-state index contributed by atoms with van der Waals surface area (Å²) in [5, 5.41) is 2.69. The SMILES string of the molecule is COCCN(Cc1ccccc1)C(=O)[C@H](C)NC(=O)c1ccoc1. The number of ether oxygens (including phenoxy) is 1. The summed E-state index contributed by atoms with van der Waals surface area (Å²) >= 11 is 0. The van der Waals surface area contributed by atoms with Gasteiger partial charge in [-0.05, 0) is 18.6 Å². The Kier molecular flexibility index (Phi) is 6.57. The summed E-state index contributed by atoms with van der Waals surface area (Å²) in [5.74, 6) is -0.497. The standard InChI is InChI=1S/C18H22N2O4/c1-14(19-17(21)16-8-10-24-13-16)18(22)20(9-11-23-2)12-15-6-4-3-5-7-15/h3-8,10,13-14H,9,11-12H2,1-2H3,(H,19,21)/t14-/m0/s1. The van der Waals surface area contributed by atoms with Crippen LogP contribution in [0.5, 0.6) is 0 Å². The molecule has 0 aliphatic heterocycles. The fourth-order valence-electron chi connectivity index (χ4n) is 2.28. The second kappa shape index (κ2) is 8.88. The summed E-state index contributed by atoms with van der Waals surface area (Å²) in [7, 11) is 1.59. The van der Waals surface area contributed by atoms with Crippen LogP contribution in [-0.2, 0) is 16.1 Å². The van der Waals surface area contributed by atoms with Gasteiger partial charge in [0.1, 0.15) is 12.3 Å². The van der Waals surface area contributed by atoms with Crippen molar-refractivity contribution in [3.05, 3.63) is 60.1 Å². The average molecular weight is 330 g/mol. The summed E-state index contributed by atoms with van der Waals surface area (Å²) in [6.45, 7) is 3.02. The van der Waals surface area contributed by atoms with Gasteiger partial charge < -0.3 is 19.4 Å². The van der Waals surface area contributed by atoms with Crippen molar-refractivity contribution in [1.29, 1.82) is 0 Å². The number of carbonyl (C=O) groups is 2. The third-order valence-corrected chi connectivity index (χ3v) is 3.59. The molecule has 1 N–H and O–H groups in total. The van der Waals surface area contributed by atoms with Crippen molar-refractivity contribution in [2.45, 2.75) is 19.5 Å². The third kappa shape index (κ3) is 4.96. The van der Waals surface area contributed by atoms with Crippen molar-refractivity contribution in [2.24, 2.45) is 0 Å². The number of nitrogens with zero attached hydrogens (tertiary/aromatic N) is 1. The van der Waals surface area contributed by atoms with Crippen LogP contribution in [-0.4, -0.2) is 43.0 Å². The van der Waals surface area contributed by atoms with Gasteiger partial charge in [-0.1, -0.05) is 30.3 Å². The summed E-state index contributed by atoms with van der Waals surface area (Å²) in [5.41, 5.74) is 1.41. The Morgan fingerprint density at radius 2 is 2.00 bits per heavy atom. The first-order chi connectivity index (χ1) is 11.6. The molecule has 128 valence electrons. The molecular weight excluding hydrogens is 308 g/mol. The van der Waals surface area contributed by atoms with Gasteiger partial charge in [-0.3, -0.25) is 9.59 Å². The van der Waals surface area contributed by atoms with Crippen molar-refractivity contribution >= 4 is 11.8 Å². The Bertz CT molecular complexity index is 640. The number of amides is 2. The number of benzene rings is 1. The van der Waals surface area contributed by atoms with Gasteiger partial charge in [0.05, 0.1) is 18.4 Å². The van der Waals surface area contributed by atoms with Crippen LogP contribution in [0.1, 0.15) is 22.8 Å². The zero-order valence-electron chi connectivity index (χ0n) is 13.9. The second-order valence-electron chi connectivity index (χ2n) is 5.45. The number of methoxy groups -OCH3 is 1. The fraction of sp³-hybridized carbons (Fsp3) is 0.333. The highest BCUT2D eigenvalue weighted by atomic mass is 16.5. The van der Waals surface area contributed by atoms with Crippen molar-refractivity contribution < 1.29 is 18.7 Å². The lowest BCUT2D eigenvalue weighted by molar-refractivity contribution is -0.134. The summed E-state index contributed by atoms with van der Waals surface area (Å²) in [6.07, 6.45) is 2.76. The van der Waals surface area contributed by atoms with E-state index in [2.05, 4.69) is 5.32 Å². The molecule has 2 rings (SSSR count). The van der Waals surface area contributed by atoms with Crippen LogP contribution in [0.3, 0.4) is 0 Å². The molecule has 0 fully saturated rings. The minimum Gasteiger partial charge on any atom is -0.472 e. The average Bonchev–Trinajstić information content (AvgIpc) is 3.13. The Morgan fingerprint density at radius 1 is 1.25 bits per heavy atom. The molecule has 0 radical (unpaired) electrons. The van der Waals surface area contributed by atoms with Crippen LogP contribution in [0, 0.1) is 0 Å². The van der Waals surface area contributed by atoms with Gasteiger partial charge in [-0.15, -0.1) is 0 Å². The first-order valence-corrected chi connectivity index (χ1v) is 7.76. The minimum atomic E-state index is -0.645. The highest BCUT2D eigenvalue weighted by Gasteiger charge is 2.23. The Labute approximate surface area is 141 Å². The van der Waals surface area contributed by atoms with Crippen LogP contribution in [0.15, 0.2) is 53.3 Å². The normalized spacial score (nSPS) is 11.8. The van der Waals surface area contributed by atoms with Gasteiger partial charge in [0, 0.05) is 20.2 Å². The van der Waals surface area contributed by atoms with E-state index in [1.165, 1.54) is 12.5 Å². The predicted molar refractivity (Wildman–Crippen MR) is 89.4 cm³/mol. The molecule has 0 bridgehead atoms. The van der Waals surface area contributed by atoms with E-state index in [0.717, 1.165) is 5.56 Å². The van der Waals surface area contributed by atoms with Gasteiger partial charge in [-0.25, -0.2) is 0 Å². The van der Waals surface area contributed by atoms with Crippen molar-refractivity contribution in [3.8, 4) is 0 Å². The molecule has 0 spiro atoms. The van der Waals surface area contributed by atoms with Gasteiger partial charge in [0.25, 0.3) is 5.91 Å². The molecule has 0 saturated carbocycles. The predicted octanol–water partition coefficient (Wildman–Crippen LogP) is 2.07. The van der Waals surface area contributed by atoms with Gasteiger partial charge in [0.15, 0.2) is 0 Å². The minimum absolute atomic E-state index is 0.159. The quantitative estimate of drug-likeness (QED) is 0.804. The van der Waals surface area contributed by atoms with Gasteiger partial charge >= 0.3 is 0 Å². The molecule has 6 heteroatoms. The van der Waals surface area contributed by atoms with Crippen molar-refractivity contribution in [2.75, 3.05) is 20.3 Å². The molecule has 6 nitrogen and oxygen atoms in total.